The van der Waals surface area contributed by atoms with Crippen LogP contribution in [-0.4, -0.2) is 30.9 Å². The highest BCUT2D eigenvalue weighted by Crippen LogP contribution is 2.39. The van der Waals surface area contributed by atoms with Crippen LogP contribution in [0.4, 0.5) is 0 Å². The number of hydrogen-bond acceptors (Lipinski definition) is 4. The normalized spacial score (nSPS) is 18.3. The molecule has 0 N–H and O–H groups in total. The molecule has 1 aliphatic heterocycles. The van der Waals surface area contributed by atoms with Gasteiger partial charge in [0.1, 0.15) is 10.0 Å². The van der Waals surface area contributed by atoms with Gasteiger partial charge < -0.3 is 0 Å². The summed E-state index contributed by atoms with van der Waals surface area (Å²) in [5.41, 5.74) is 6.34. The molecule has 0 radical (unpaired) electrons. The number of thioether (sulfide) groups is 1. The number of amides is 1. The Morgan fingerprint density at radius 2 is 1.83 bits per heavy atom. The fourth-order valence-corrected chi connectivity index (χ4v) is 6.34. The SMILES string of the molecule is Cc1ccc(C(C)C)cc1-c1nn(-c2ccccc2)cc1/C=C1\SC(=S)N(C2CCCCC2)C1=O. The molecule has 0 spiro atoms. The summed E-state index contributed by atoms with van der Waals surface area (Å²) in [4.78, 5) is 16.0. The van der Waals surface area contributed by atoms with E-state index in [-0.39, 0.29) is 11.9 Å². The fraction of sp³-hybridized carbons (Fsp3) is 0.345. The maximum atomic E-state index is 13.5. The predicted octanol–water partition coefficient (Wildman–Crippen LogP) is 7.51. The largest absolute Gasteiger partial charge is 0.290 e. The summed E-state index contributed by atoms with van der Waals surface area (Å²) in [7, 11) is 0. The van der Waals surface area contributed by atoms with Gasteiger partial charge in [0.25, 0.3) is 5.91 Å². The summed E-state index contributed by atoms with van der Waals surface area (Å²) >= 11 is 7.10. The molecular weight excluding hydrogens is 470 g/mol. The highest BCUT2D eigenvalue weighted by molar-refractivity contribution is 8.26. The quantitative estimate of drug-likeness (QED) is 0.268. The van der Waals surface area contributed by atoms with E-state index in [0.717, 1.165) is 40.9 Å². The number of nitrogens with zero attached hydrogens (tertiary/aromatic N) is 3. The second-order valence-corrected chi connectivity index (χ2v) is 11.5. The molecule has 35 heavy (non-hydrogen) atoms. The topological polar surface area (TPSA) is 38.1 Å². The first-order chi connectivity index (χ1) is 16.9. The molecular formula is C29H31N3OS2. The fourth-order valence-electron chi connectivity index (χ4n) is 4.94. The van der Waals surface area contributed by atoms with Gasteiger partial charge in [-0.05, 0) is 61.1 Å². The second-order valence-electron chi connectivity index (χ2n) is 9.79. The van der Waals surface area contributed by atoms with Gasteiger partial charge in [0.05, 0.1) is 10.6 Å². The Morgan fingerprint density at radius 3 is 2.54 bits per heavy atom. The van der Waals surface area contributed by atoms with Crippen LogP contribution in [0.1, 0.15) is 68.6 Å². The summed E-state index contributed by atoms with van der Waals surface area (Å²) in [5, 5.41) is 5.01. The predicted molar refractivity (Wildman–Crippen MR) is 150 cm³/mol. The van der Waals surface area contributed by atoms with E-state index in [1.54, 1.807) is 0 Å². The molecule has 3 aromatic rings. The van der Waals surface area contributed by atoms with Crippen LogP contribution in [0, 0.1) is 6.92 Å². The van der Waals surface area contributed by atoms with E-state index in [9.17, 15) is 4.79 Å². The van der Waals surface area contributed by atoms with Crippen molar-refractivity contribution >= 4 is 40.3 Å². The van der Waals surface area contributed by atoms with Gasteiger partial charge in [-0.1, -0.05) is 87.4 Å². The molecule has 1 aliphatic carbocycles. The average Bonchev–Trinajstić information content (AvgIpc) is 3.40. The minimum atomic E-state index is 0.0398. The summed E-state index contributed by atoms with van der Waals surface area (Å²) < 4.78 is 2.59. The van der Waals surface area contributed by atoms with E-state index in [1.165, 1.54) is 36.6 Å². The van der Waals surface area contributed by atoms with Crippen molar-refractivity contribution in [2.24, 2.45) is 0 Å². The van der Waals surface area contributed by atoms with Gasteiger partial charge in [0.15, 0.2) is 0 Å². The molecule has 1 amide bonds. The molecule has 0 unspecified atom stereocenters. The van der Waals surface area contributed by atoms with Gasteiger partial charge in [-0.3, -0.25) is 9.69 Å². The number of benzene rings is 2. The number of aryl methyl sites for hydroxylation is 1. The number of aromatic nitrogens is 2. The zero-order valence-corrected chi connectivity index (χ0v) is 22.2. The van der Waals surface area contributed by atoms with Gasteiger partial charge >= 0.3 is 0 Å². The summed E-state index contributed by atoms with van der Waals surface area (Å²) in [6, 6.07) is 16.9. The standard InChI is InChI=1S/C29H31N3OS2/c1-19(2)21-15-14-20(3)25(16-21)27-22(18-31(30-27)23-10-6-4-7-11-23)17-26-28(33)32(29(34)35-26)24-12-8-5-9-13-24/h4,6-7,10-11,14-19,24H,5,8-9,12-13H2,1-3H3/b26-17-. The molecule has 180 valence electrons. The number of hydrogen-bond donors (Lipinski definition) is 0. The molecule has 2 aromatic carbocycles. The molecule has 2 fully saturated rings. The number of rotatable bonds is 5. The smallest absolute Gasteiger partial charge is 0.266 e. The van der Waals surface area contributed by atoms with Gasteiger partial charge in [-0.2, -0.15) is 5.10 Å². The third-order valence-corrected chi connectivity index (χ3v) is 8.33. The van der Waals surface area contributed by atoms with Crippen molar-refractivity contribution in [3.05, 3.63) is 76.3 Å². The van der Waals surface area contributed by atoms with Crippen LogP contribution in [0.3, 0.4) is 0 Å². The number of carbonyl (C=O) groups excluding carboxylic acids is 1. The molecule has 1 aromatic heterocycles. The molecule has 2 heterocycles. The van der Waals surface area contributed by atoms with E-state index < -0.39 is 0 Å². The van der Waals surface area contributed by atoms with Gasteiger partial charge in [-0.15, -0.1) is 0 Å². The minimum Gasteiger partial charge on any atom is -0.290 e. The van der Waals surface area contributed by atoms with E-state index in [4.69, 9.17) is 17.3 Å². The van der Waals surface area contributed by atoms with Crippen molar-refractivity contribution in [1.29, 1.82) is 0 Å². The lowest BCUT2D eigenvalue weighted by Crippen LogP contribution is -2.39. The van der Waals surface area contributed by atoms with Crippen LogP contribution in [0.2, 0.25) is 0 Å². The first-order valence-corrected chi connectivity index (χ1v) is 13.7. The number of thiocarbonyl (C=S) groups is 1. The summed E-state index contributed by atoms with van der Waals surface area (Å²) in [5.74, 6) is 0.457. The number of para-hydroxylation sites is 1. The monoisotopic (exact) mass is 501 g/mol. The zero-order valence-electron chi connectivity index (χ0n) is 20.5. The zero-order chi connectivity index (χ0) is 24.5. The maximum Gasteiger partial charge on any atom is 0.266 e. The van der Waals surface area contributed by atoms with Crippen LogP contribution >= 0.6 is 24.0 Å². The Bertz CT molecular complexity index is 1290. The molecule has 0 atom stereocenters. The maximum absolute atomic E-state index is 13.5. The van der Waals surface area contributed by atoms with Crippen molar-refractivity contribution < 1.29 is 4.79 Å². The second kappa shape index (κ2) is 10.1. The Kier molecular flexibility index (Phi) is 6.94. The average molecular weight is 502 g/mol. The third-order valence-electron chi connectivity index (χ3n) is 7.00. The molecule has 2 aliphatic rings. The molecule has 1 saturated carbocycles. The first kappa shape index (κ1) is 24.0. The Balaban J connectivity index is 1.59. The molecule has 5 rings (SSSR count). The molecule has 6 heteroatoms. The lowest BCUT2D eigenvalue weighted by atomic mass is 9.94. The van der Waals surface area contributed by atoms with E-state index in [1.807, 2.05) is 52.2 Å². The van der Waals surface area contributed by atoms with E-state index in [2.05, 4.69) is 39.0 Å². The van der Waals surface area contributed by atoms with Crippen LogP contribution in [0.15, 0.2) is 59.6 Å². The van der Waals surface area contributed by atoms with Crippen molar-refractivity contribution in [2.45, 2.75) is 64.8 Å². The van der Waals surface area contributed by atoms with Crippen LogP contribution < -0.4 is 0 Å². The first-order valence-electron chi connectivity index (χ1n) is 12.5. The Morgan fingerprint density at radius 1 is 1.09 bits per heavy atom. The molecule has 0 bridgehead atoms. The van der Waals surface area contributed by atoms with E-state index in [0.29, 0.717) is 15.1 Å². The van der Waals surface area contributed by atoms with Crippen LogP contribution in [0.5, 0.6) is 0 Å². The highest BCUT2D eigenvalue weighted by Gasteiger charge is 2.37. The summed E-state index contributed by atoms with van der Waals surface area (Å²) in [6.07, 6.45) is 9.68. The Labute approximate surface area is 217 Å². The van der Waals surface area contributed by atoms with Crippen molar-refractivity contribution in [2.75, 3.05) is 0 Å². The Hall–Kier alpha value is -2.70. The van der Waals surface area contributed by atoms with E-state index >= 15 is 0 Å². The highest BCUT2D eigenvalue weighted by atomic mass is 32.2. The lowest BCUT2D eigenvalue weighted by Gasteiger charge is -2.29. The summed E-state index contributed by atoms with van der Waals surface area (Å²) in [6.45, 7) is 6.52. The van der Waals surface area contributed by atoms with Gasteiger partial charge in [0.2, 0.25) is 0 Å². The van der Waals surface area contributed by atoms with Gasteiger partial charge in [0, 0.05) is 23.4 Å². The van der Waals surface area contributed by atoms with Crippen LogP contribution in [0.25, 0.3) is 23.0 Å². The minimum absolute atomic E-state index is 0.0398. The number of carbonyl (C=O) groups is 1. The lowest BCUT2D eigenvalue weighted by molar-refractivity contribution is -0.124. The third kappa shape index (κ3) is 4.87. The van der Waals surface area contributed by atoms with Crippen molar-refractivity contribution in [3.63, 3.8) is 0 Å². The van der Waals surface area contributed by atoms with Crippen LogP contribution in [-0.2, 0) is 4.79 Å². The molecule has 4 nitrogen and oxygen atoms in total. The van der Waals surface area contributed by atoms with Gasteiger partial charge in [-0.25, -0.2) is 4.68 Å². The van der Waals surface area contributed by atoms with Crippen molar-refractivity contribution in [3.8, 4) is 16.9 Å². The molecule has 1 saturated heterocycles. The van der Waals surface area contributed by atoms with Crippen molar-refractivity contribution in [1.82, 2.24) is 14.7 Å².